The van der Waals surface area contributed by atoms with E-state index in [9.17, 15) is 4.79 Å². The van der Waals surface area contributed by atoms with Crippen molar-refractivity contribution in [3.63, 3.8) is 0 Å². The first-order valence-electron chi connectivity index (χ1n) is 9.58. The summed E-state index contributed by atoms with van der Waals surface area (Å²) in [6.45, 7) is 1.86. The van der Waals surface area contributed by atoms with Crippen molar-refractivity contribution in [1.82, 2.24) is 19.8 Å². The molecule has 0 spiro atoms. The fraction of sp³-hybridized carbons (Fsp3) is 0.0435. The van der Waals surface area contributed by atoms with Crippen LogP contribution < -0.4 is 5.32 Å². The van der Waals surface area contributed by atoms with E-state index in [1.807, 2.05) is 67.6 Å². The molecule has 1 N–H and O–H groups in total. The maximum absolute atomic E-state index is 12.8. The van der Waals surface area contributed by atoms with Gasteiger partial charge >= 0.3 is 0 Å². The lowest BCUT2D eigenvalue weighted by molar-refractivity contribution is -0.111. The zero-order valence-corrected chi connectivity index (χ0v) is 17.3. The number of nitrogens with zero attached hydrogens (tertiary/aromatic N) is 4. The summed E-state index contributed by atoms with van der Waals surface area (Å²) in [4.78, 5) is 13.6. The van der Waals surface area contributed by atoms with Crippen LogP contribution in [0, 0.1) is 6.92 Å². The van der Waals surface area contributed by atoms with Crippen LogP contribution in [0.3, 0.4) is 0 Å². The standard InChI is InChI=1S/C23H17N5O2S/c1-15-25-26-23-28(15)27-22(31-23)17-9-5-10-18(13-17)24-21(29)14-19(20-11-6-12-30-20)16-7-3-2-4-8-16/h2-14H,1H3,(H,24,29). The first kappa shape index (κ1) is 19.0. The number of carbonyl (C=O) groups is 1. The number of aromatic nitrogens is 4. The SMILES string of the molecule is Cc1nnc2sc(-c3cccc(NC(=O)C=C(c4ccccc4)c4ccco4)c3)nn12. The van der Waals surface area contributed by atoms with Gasteiger partial charge in [0.05, 0.1) is 6.26 Å². The second-order valence-corrected chi connectivity index (χ2v) is 7.78. The highest BCUT2D eigenvalue weighted by Crippen LogP contribution is 2.28. The predicted octanol–water partition coefficient (Wildman–Crippen LogP) is 4.82. The molecule has 0 aliphatic heterocycles. The van der Waals surface area contributed by atoms with Crippen LogP contribution in [0.2, 0.25) is 0 Å². The Morgan fingerprint density at radius 1 is 1.06 bits per heavy atom. The summed E-state index contributed by atoms with van der Waals surface area (Å²) in [6.07, 6.45) is 3.14. The zero-order valence-electron chi connectivity index (χ0n) is 16.5. The smallest absolute Gasteiger partial charge is 0.249 e. The van der Waals surface area contributed by atoms with Gasteiger partial charge in [-0.2, -0.15) is 9.61 Å². The van der Waals surface area contributed by atoms with Gasteiger partial charge in [-0.05, 0) is 36.8 Å². The van der Waals surface area contributed by atoms with Gasteiger partial charge in [0.15, 0.2) is 5.82 Å². The monoisotopic (exact) mass is 427 g/mol. The van der Waals surface area contributed by atoms with Crippen LogP contribution in [0.4, 0.5) is 5.69 Å². The molecule has 0 aliphatic carbocycles. The minimum absolute atomic E-state index is 0.249. The fourth-order valence-electron chi connectivity index (χ4n) is 3.22. The third kappa shape index (κ3) is 3.88. The normalized spacial score (nSPS) is 11.7. The Bertz CT molecular complexity index is 1380. The Hall–Kier alpha value is -4.04. The molecular formula is C23H17N5O2S. The largest absolute Gasteiger partial charge is 0.464 e. The van der Waals surface area contributed by atoms with E-state index in [-0.39, 0.29) is 5.91 Å². The average molecular weight is 427 g/mol. The van der Waals surface area contributed by atoms with Gasteiger partial charge in [-0.1, -0.05) is 53.8 Å². The Labute approximate surface area is 181 Å². The first-order valence-corrected chi connectivity index (χ1v) is 10.4. The first-order chi connectivity index (χ1) is 15.2. The highest BCUT2D eigenvalue weighted by molar-refractivity contribution is 7.19. The van der Waals surface area contributed by atoms with Crippen molar-refractivity contribution in [2.24, 2.45) is 0 Å². The minimum Gasteiger partial charge on any atom is -0.464 e. The Morgan fingerprint density at radius 2 is 1.94 bits per heavy atom. The molecule has 1 amide bonds. The summed E-state index contributed by atoms with van der Waals surface area (Å²) in [5.41, 5.74) is 3.18. The number of fused-ring (bicyclic) bond motifs is 1. The van der Waals surface area contributed by atoms with Crippen LogP contribution in [0.1, 0.15) is 17.1 Å². The van der Waals surface area contributed by atoms with E-state index in [4.69, 9.17) is 4.42 Å². The van der Waals surface area contributed by atoms with Crippen molar-refractivity contribution in [2.45, 2.75) is 6.92 Å². The molecule has 5 rings (SSSR count). The number of hydrogen-bond acceptors (Lipinski definition) is 6. The third-order valence-corrected chi connectivity index (χ3v) is 5.62. The molecular weight excluding hydrogens is 410 g/mol. The summed E-state index contributed by atoms with van der Waals surface area (Å²) < 4.78 is 7.25. The van der Waals surface area contributed by atoms with Crippen molar-refractivity contribution >= 4 is 33.5 Å². The van der Waals surface area contributed by atoms with Crippen molar-refractivity contribution in [3.05, 3.63) is 96.2 Å². The quantitative estimate of drug-likeness (QED) is 0.406. The molecule has 3 heterocycles. The van der Waals surface area contributed by atoms with Gasteiger partial charge in [0.25, 0.3) is 0 Å². The molecule has 0 radical (unpaired) electrons. The van der Waals surface area contributed by atoms with Crippen LogP contribution in [-0.2, 0) is 4.79 Å². The van der Waals surface area contributed by atoms with Crippen LogP contribution in [0.5, 0.6) is 0 Å². The molecule has 0 saturated carbocycles. The van der Waals surface area contributed by atoms with Crippen molar-refractivity contribution in [2.75, 3.05) is 5.32 Å². The number of aryl methyl sites for hydroxylation is 1. The molecule has 0 fully saturated rings. The zero-order chi connectivity index (χ0) is 21.2. The molecule has 0 bridgehead atoms. The molecule has 8 heteroatoms. The number of anilines is 1. The number of hydrogen-bond donors (Lipinski definition) is 1. The Kier molecular flexibility index (Phi) is 4.89. The second kappa shape index (κ2) is 8.00. The van der Waals surface area contributed by atoms with E-state index in [0.717, 1.165) is 26.9 Å². The van der Waals surface area contributed by atoms with E-state index in [2.05, 4.69) is 20.6 Å². The molecule has 0 atom stereocenters. The summed E-state index contributed by atoms with van der Waals surface area (Å²) in [7, 11) is 0. The Balaban J connectivity index is 1.42. The number of rotatable bonds is 5. The van der Waals surface area contributed by atoms with E-state index in [1.54, 1.807) is 22.9 Å². The fourth-order valence-corrected chi connectivity index (χ4v) is 4.10. The third-order valence-electron chi connectivity index (χ3n) is 4.67. The molecule has 3 aromatic heterocycles. The second-order valence-electron chi connectivity index (χ2n) is 6.82. The number of nitrogens with one attached hydrogen (secondary N) is 1. The lowest BCUT2D eigenvalue weighted by Gasteiger charge is -2.07. The van der Waals surface area contributed by atoms with Gasteiger partial charge < -0.3 is 9.73 Å². The summed E-state index contributed by atoms with van der Waals surface area (Å²) in [6, 6.07) is 20.9. The molecule has 0 unspecified atom stereocenters. The van der Waals surface area contributed by atoms with Gasteiger partial charge in [0.2, 0.25) is 10.9 Å². The summed E-state index contributed by atoms with van der Waals surface area (Å²) >= 11 is 1.45. The molecule has 152 valence electrons. The number of amides is 1. The molecule has 7 nitrogen and oxygen atoms in total. The van der Waals surface area contributed by atoms with E-state index < -0.39 is 0 Å². The van der Waals surface area contributed by atoms with Gasteiger partial charge in [0.1, 0.15) is 10.8 Å². The molecule has 31 heavy (non-hydrogen) atoms. The van der Waals surface area contributed by atoms with Crippen molar-refractivity contribution < 1.29 is 9.21 Å². The van der Waals surface area contributed by atoms with Crippen LogP contribution in [-0.4, -0.2) is 25.7 Å². The topological polar surface area (TPSA) is 85.3 Å². The van der Waals surface area contributed by atoms with Crippen LogP contribution in [0.15, 0.2) is 83.5 Å². The van der Waals surface area contributed by atoms with E-state index in [1.165, 1.54) is 11.3 Å². The predicted molar refractivity (Wildman–Crippen MR) is 120 cm³/mol. The lowest BCUT2D eigenvalue weighted by Crippen LogP contribution is -2.09. The lowest BCUT2D eigenvalue weighted by atomic mass is 10.0. The molecule has 0 aliphatic rings. The van der Waals surface area contributed by atoms with Gasteiger partial charge in [0, 0.05) is 22.9 Å². The summed E-state index contributed by atoms with van der Waals surface area (Å²) in [5, 5.41) is 16.4. The van der Waals surface area contributed by atoms with Crippen LogP contribution >= 0.6 is 11.3 Å². The van der Waals surface area contributed by atoms with Crippen molar-refractivity contribution in [3.8, 4) is 10.6 Å². The van der Waals surface area contributed by atoms with Gasteiger partial charge in [-0.15, -0.1) is 10.2 Å². The minimum atomic E-state index is -0.249. The maximum atomic E-state index is 12.8. The van der Waals surface area contributed by atoms with Crippen LogP contribution in [0.25, 0.3) is 21.1 Å². The van der Waals surface area contributed by atoms with Crippen molar-refractivity contribution in [1.29, 1.82) is 0 Å². The molecule has 5 aromatic rings. The average Bonchev–Trinajstić information content (AvgIpc) is 3.52. The molecule has 2 aromatic carbocycles. The van der Waals surface area contributed by atoms with E-state index >= 15 is 0 Å². The number of benzene rings is 2. The Morgan fingerprint density at radius 3 is 2.71 bits per heavy atom. The highest BCUT2D eigenvalue weighted by atomic mass is 32.1. The molecule has 0 saturated heterocycles. The van der Waals surface area contributed by atoms with E-state index in [0.29, 0.717) is 17.0 Å². The van der Waals surface area contributed by atoms with Gasteiger partial charge in [-0.25, -0.2) is 0 Å². The summed E-state index contributed by atoms with van der Waals surface area (Å²) in [5.74, 6) is 1.12. The maximum Gasteiger partial charge on any atom is 0.249 e. The number of furan rings is 1. The number of carbonyl (C=O) groups excluding carboxylic acids is 1. The highest BCUT2D eigenvalue weighted by Gasteiger charge is 2.13. The van der Waals surface area contributed by atoms with Gasteiger partial charge in [-0.3, -0.25) is 4.79 Å².